The molecule has 1 aliphatic rings. The number of carbonyl (C=O) groups is 2. The summed E-state index contributed by atoms with van der Waals surface area (Å²) in [5.74, 6) is -1.70. The first-order valence-electron chi connectivity index (χ1n) is 11.9. The van der Waals surface area contributed by atoms with Crippen molar-refractivity contribution >= 4 is 39.1 Å². The van der Waals surface area contributed by atoms with Crippen LogP contribution in [-0.4, -0.2) is 36.4 Å². The second-order valence-electron chi connectivity index (χ2n) is 9.16. The van der Waals surface area contributed by atoms with Crippen LogP contribution >= 0.6 is 11.3 Å². The summed E-state index contributed by atoms with van der Waals surface area (Å²) in [6, 6.07) is 2.10. The fourth-order valence-electron chi connectivity index (χ4n) is 4.40. The Kier molecular flexibility index (Phi) is 6.64. The minimum absolute atomic E-state index is 0.00984. The van der Waals surface area contributed by atoms with Crippen LogP contribution in [0.15, 0.2) is 18.3 Å². The van der Waals surface area contributed by atoms with E-state index in [0.29, 0.717) is 34.8 Å². The fraction of sp³-hybridized carbons (Fsp3) is 0.375. The van der Waals surface area contributed by atoms with E-state index in [0.717, 1.165) is 18.9 Å². The lowest BCUT2D eigenvalue weighted by Crippen LogP contribution is -2.22. The number of rotatable bonds is 8. The molecular weight excluding hydrogens is 545 g/mol. The number of primary amides is 1. The smallest absolute Gasteiger partial charge is 0.365 e. The summed E-state index contributed by atoms with van der Waals surface area (Å²) < 4.78 is 70.6. The highest BCUT2D eigenvalue weighted by Crippen LogP contribution is 2.44. The Morgan fingerprint density at radius 1 is 1.21 bits per heavy atom. The van der Waals surface area contributed by atoms with Gasteiger partial charge < -0.3 is 11.1 Å². The second-order valence-corrected chi connectivity index (χ2v) is 10.2. The molecule has 0 aliphatic heterocycles. The van der Waals surface area contributed by atoms with Gasteiger partial charge >= 0.3 is 6.18 Å². The predicted molar refractivity (Wildman–Crippen MR) is 133 cm³/mol. The summed E-state index contributed by atoms with van der Waals surface area (Å²) in [6.45, 7) is 3.43. The van der Waals surface area contributed by atoms with E-state index in [1.54, 1.807) is 17.8 Å². The first kappa shape index (κ1) is 26.7. The lowest BCUT2D eigenvalue weighted by molar-refractivity contribution is -0.140. The Morgan fingerprint density at radius 2 is 1.92 bits per heavy atom. The maximum Gasteiger partial charge on any atom is 0.433 e. The number of nitrogens with zero attached hydrogens (tertiary/aromatic N) is 5. The highest BCUT2D eigenvalue weighted by Gasteiger charge is 2.36. The van der Waals surface area contributed by atoms with Gasteiger partial charge in [-0.3, -0.25) is 19.0 Å². The number of pyridine rings is 1. The van der Waals surface area contributed by atoms with E-state index in [1.165, 1.54) is 10.7 Å². The molecular formula is C24H22F5N7O2S. The van der Waals surface area contributed by atoms with Crippen molar-refractivity contribution in [1.29, 1.82) is 0 Å². The molecule has 9 nitrogen and oxygen atoms in total. The van der Waals surface area contributed by atoms with Crippen LogP contribution in [0.4, 0.5) is 27.6 Å². The summed E-state index contributed by atoms with van der Waals surface area (Å²) in [5.41, 5.74) is 5.10. The van der Waals surface area contributed by atoms with E-state index in [2.05, 4.69) is 20.5 Å². The van der Waals surface area contributed by atoms with Gasteiger partial charge in [0.15, 0.2) is 0 Å². The first-order valence-corrected chi connectivity index (χ1v) is 12.7. The minimum Gasteiger partial charge on any atom is -0.365 e. The molecule has 0 atom stereocenters. The molecule has 0 bridgehead atoms. The van der Waals surface area contributed by atoms with E-state index in [4.69, 9.17) is 5.73 Å². The number of aromatic nitrogens is 5. The average molecular weight is 568 g/mol. The Morgan fingerprint density at radius 3 is 2.49 bits per heavy atom. The van der Waals surface area contributed by atoms with Crippen LogP contribution in [0.25, 0.3) is 21.3 Å². The molecule has 0 saturated heterocycles. The van der Waals surface area contributed by atoms with Gasteiger partial charge in [0.05, 0.1) is 11.4 Å². The monoisotopic (exact) mass is 567 g/mol. The van der Waals surface area contributed by atoms with E-state index in [-0.39, 0.29) is 32.3 Å². The summed E-state index contributed by atoms with van der Waals surface area (Å²) in [7, 11) is 0. The van der Waals surface area contributed by atoms with Crippen molar-refractivity contribution in [2.24, 2.45) is 5.73 Å². The molecule has 3 N–H and O–H groups in total. The number of thiophene rings is 1. The SMILES string of the molecule is CCn1cc(-c2cc(C(F)(F)F)nc3sc(C(N)=O)c(NC(=O)Cn4nc(C(F)F)cc4C4CC4)c23)c(C)n1. The molecule has 5 rings (SSSR count). The second kappa shape index (κ2) is 9.70. The fourth-order valence-corrected chi connectivity index (χ4v) is 5.41. The number of hydrogen-bond acceptors (Lipinski definition) is 6. The summed E-state index contributed by atoms with van der Waals surface area (Å²) >= 11 is 0.615. The number of hydrogen-bond donors (Lipinski definition) is 2. The van der Waals surface area contributed by atoms with E-state index in [9.17, 15) is 31.5 Å². The third-order valence-corrected chi connectivity index (χ3v) is 7.44. The zero-order valence-electron chi connectivity index (χ0n) is 20.6. The van der Waals surface area contributed by atoms with Crippen molar-refractivity contribution in [2.45, 2.75) is 58.3 Å². The Labute approximate surface area is 221 Å². The Balaban J connectivity index is 1.63. The number of amides is 2. The standard InChI is InChI=1S/C24H22F5N7O2S/c1-3-35-8-13(10(2)33-35)12-6-16(24(27,28)29)31-23-18(12)19(20(39-23)22(30)38)32-17(37)9-36-15(11-4-5-11)7-14(34-36)21(25)26/h6-8,11,21H,3-5,9H2,1-2H3,(H2,30,38)(H,32,37). The first-order chi connectivity index (χ1) is 18.4. The molecule has 1 fully saturated rings. The number of nitrogens with two attached hydrogens (primary N) is 1. The van der Waals surface area contributed by atoms with Crippen LogP contribution < -0.4 is 11.1 Å². The van der Waals surface area contributed by atoms with Gasteiger partial charge in [-0.2, -0.15) is 23.4 Å². The molecule has 1 saturated carbocycles. The minimum atomic E-state index is -4.79. The lowest BCUT2D eigenvalue weighted by atomic mass is 10.0. The molecule has 4 aromatic heterocycles. The van der Waals surface area contributed by atoms with Crippen LogP contribution in [-0.2, 0) is 24.1 Å². The molecule has 39 heavy (non-hydrogen) atoms. The van der Waals surface area contributed by atoms with Gasteiger partial charge in [-0.05, 0) is 44.4 Å². The summed E-state index contributed by atoms with van der Waals surface area (Å²) in [4.78, 5) is 28.8. The van der Waals surface area contributed by atoms with Crippen LogP contribution in [0.3, 0.4) is 0 Å². The third kappa shape index (κ3) is 5.10. The van der Waals surface area contributed by atoms with Gasteiger partial charge in [-0.15, -0.1) is 11.3 Å². The highest BCUT2D eigenvalue weighted by atomic mass is 32.1. The van der Waals surface area contributed by atoms with Crippen molar-refractivity contribution in [3.8, 4) is 11.1 Å². The molecule has 0 aromatic carbocycles. The number of nitrogens with one attached hydrogen (secondary N) is 1. The predicted octanol–water partition coefficient (Wildman–Crippen LogP) is 5.26. The van der Waals surface area contributed by atoms with Crippen molar-refractivity contribution < 1.29 is 31.5 Å². The number of aryl methyl sites for hydroxylation is 2. The van der Waals surface area contributed by atoms with Crippen molar-refractivity contribution in [3.05, 3.63) is 46.0 Å². The topological polar surface area (TPSA) is 121 Å². The molecule has 4 heterocycles. The molecule has 0 spiro atoms. The maximum absolute atomic E-state index is 13.8. The Bertz CT molecular complexity index is 1600. The average Bonchev–Trinajstić information content (AvgIpc) is 3.33. The number of fused-ring (bicyclic) bond motifs is 1. The number of carbonyl (C=O) groups excluding carboxylic acids is 2. The molecule has 4 aromatic rings. The number of alkyl halides is 5. The normalized spacial score (nSPS) is 13.9. The molecule has 0 unspecified atom stereocenters. The lowest BCUT2D eigenvalue weighted by Gasteiger charge is -2.12. The zero-order chi connectivity index (χ0) is 28.2. The number of anilines is 1. The molecule has 15 heteroatoms. The van der Waals surface area contributed by atoms with Crippen LogP contribution in [0.2, 0.25) is 0 Å². The zero-order valence-corrected chi connectivity index (χ0v) is 21.5. The van der Waals surface area contributed by atoms with E-state index >= 15 is 0 Å². The van der Waals surface area contributed by atoms with Crippen molar-refractivity contribution in [1.82, 2.24) is 24.5 Å². The van der Waals surface area contributed by atoms with Gasteiger partial charge in [-0.1, -0.05) is 0 Å². The van der Waals surface area contributed by atoms with Crippen LogP contribution in [0.5, 0.6) is 0 Å². The van der Waals surface area contributed by atoms with Gasteiger partial charge in [0.1, 0.15) is 27.6 Å². The van der Waals surface area contributed by atoms with Gasteiger partial charge in [0.25, 0.3) is 12.3 Å². The van der Waals surface area contributed by atoms with Gasteiger partial charge in [0.2, 0.25) is 5.91 Å². The van der Waals surface area contributed by atoms with Gasteiger partial charge in [0, 0.05) is 35.3 Å². The molecule has 206 valence electrons. The summed E-state index contributed by atoms with van der Waals surface area (Å²) in [6.07, 6.45) is -4.50. The molecule has 1 aliphatic carbocycles. The summed E-state index contributed by atoms with van der Waals surface area (Å²) in [5, 5.41) is 10.8. The van der Waals surface area contributed by atoms with Crippen molar-refractivity contribution in [3.63, 3.8) is 0 Å². The molecule has 0 radical (unpaired) electrons. The molecule has 2 amide bonds. The van der Waals surface area contributed by atoms with E-state index in [1.807, 2.05) is 6.92 Å². The number of halogens is 5. The van der Waals surface area contributed by atoms with Crippen LogP contribution in [0.1, 0.15) is 64.6 Å². The Hall–Kier alpha value is -3.88. The largest absolute Gasteiger partial charge is 0.433 e. The third-order valence-electron chi connectivity index (χ3n) is 6.34. The van der Waals surface area contributed by atoms with Gasteiger partial charge in [-0.25, -0.2) is 13.8 Å². The van der Waals surface area contributed by atoms with E-state index < -0.39 is 42.3 Å². The quantitative estimate of drug-likeness (QED) is 0.282. The maximum atomic E-state index is 13.8. The van der Waals surface area contributed by atoms with Crippen LogP contribution in [0, 0.1) is 6.92 Å². The highest BCUT2D eigenvalue weighted by molar-refractivity contribution is 7.21. The van der Waals surface area contributed by atoms with Crippen molar-refractivity contribution in [2.75, 3.05) is 5.32 Å².